The van der Waals surface area contributed by atoms with Crippen LogP contribution in [0.15, 0.2) is 16.5 Å². The molecule has 2 heterocycles. The van der Waals surface area contributed by atoms with Gasteiger partial charge in [0.05, 0.1) is 13.7 Å². The molecule has 0 amide bonds. The summed E-state index contributed by atoms with van der Waals surface area (Å²) in [6, 6.07) is 4.14. The van der Waals surface area contributed by atoms with Gasteiger partial charge >= 0.3 is 5.97 Å². The second-order valence-electron chi connectivity index (χ2n) is 4.60. The SMILES string of the molecule is CNC1CCN(Cc2ccc(C(=O)OC)o2)CC1. The number of likely N-dealkylation sites (tertiary alicyclic amines) is 1. The molecule has 0 unspecified atom stereocenters. The van der Waals surface area contributed by atoms with Gasteiger partial charge in [0.2, 0.25) is 5.76 Å². The molecule has 0 aliphatic carbocycles. The number of hydrogen-bond donors (Lipinski definition) is 1. The molecule has 0 atom stereocenters. The van der Waals surface area contributed by atoms with E-state index in [0.717, 1.165) is 38.2 Å². The Balaban J connectivity index is 1.86. The molecule has 0 spiro atoms. The van der Waals surface area contributed by atoms with E-state index < -0.39 is 5.97 Å². The molecule has 1 aliphatic rings. The van der Waals surface area contributed by atoms with Crippen molar-refractivity contribution in [2.75, 3.05) is 27.2 Å². The summed E-state index contributed by atoms with van der Waals surface area (Å²) in [7, 11) is 3.36. The number of rotatable bonds is 4. The van der Waals surface area contributed by atoms with Gasteiger partial charge in [-0.25, -0.2) is 4.79 Å². The first kappa shape index (κ1) is 13.1. The van der Waals surface area contributed by atoms with Gasteiger partial charge in [-0.2, -0.15) is 0 Å². The minimum Gasteiger partial charge on any atom is -0.463 e. The van der Waals surface area contributed by atoms with Gasteiger partial charge in [-0.05, 0) is 32.0 Å². The van der Waals surface area contributed by atoms with E-state index in [1.165, 1.54) is 7.11 Å². The van der Waals surface area contributed by atoms with Crippen LogP contribution in [0, 0.1) is 0 Å². The normalized spacial score (nSPS) is 17.9. The van der Waals surface area contributed by atoms with Crippen molar-refractivity contribution in [2.45, 2.75) is 25.4 Å². The van der Waals surface area contributed by atoms with Crippen LogP contribution in [0.25, 0.3) is 0 Å². The molecule has 1 saturated heterocycles. The zero-order valence-electron chi connectivity index (χ0n) is 10.9. The standard InChI is InChI=1S/C13H20N2O3/c1-14-10-5-7-15(8-6-10)9-11-3-4-12(18-11)13(16)17-2/h3-4,10,14H,5-9H2,1-2H3. The molecule has 1 fully saturated rings. The Morgan fingerprint density at radius 2 is 2.22 bits per heavy atom. The van der Waals surface area contributed by atoms with Crippen molar-refractivity contribution in [3.63, 3.8) is 0 Å². The lowest BCUT2D eigenvalue weighted by Crippen LogP contribution is -2.40. The minimum atomic E-state index is -0.421. The Labute approximate surface area is 107 Å². The molecule has 1 N–H and O–H groups in total. The Hall–Kier alpha value is -1.33. The highest BCUT2D eigenvalue weighted by Gasteiger charge is 2.19. The van der Waals surface area contributed by atoms with Gasteiger partial charge in [0.15, 0.2) is 0 Å². The molecule has 0 aromatic carbocycles. The molecule has 5 nitrogen and oxygen atoms in total. The van der Waals surface area contributed by atoms with Crippen LogP contribution in [0.3, 0.4) is 0 Å². The molecule has 0 saturated carbocycles. The zero-order chi connectivity index (χ0) is 13.0. The topological polar surface area (TPSA) is 54.7 Å². The summed E-state index contributed by atoms with van der Waals surface area (Å²) < 4.78 is 10.1. The van der Waals surface area contributed by atoms with Gasteiger partial charge in [-0.1, -0.05) is 0 Å². The maximum Gasteiger partial charge on any atom is 0.373 e. The fraction of sp³-hybridized carbons (Fsp3) is 0.615. The van der Waals surface area contributed by atoms with Gasteiger partial charge in [-0.15, -0.1) is 0 Å². The first-order valence-electron chi connectivity index (χ1n) is 6.29. The zero-order valence-corrected chi connectivity index (χ0v) is 10.9. The third-order valence-corrected chi connectivity index (χ3v) is 3.42. The lowest BCUT2D eigenvalue weighted by atomic mass is 10.1. The van der Waals surface area contributed by atoms with Gasteiger partial charge in [0.25, 0.3) is 0 Å². The van der Waals surface area contributed by atoms with Crippen molar-refractivity contribution >= 4 is 5.97 Å². The van der Waals surface area contributed by atoms with E-state index >= 15 is 0 Å². The fourth-order valence-electron chi connectivity index (χ4n) is 2.27. The first-order chi connectivity index (χ1) is 8.72. The van der Waals surface area contributed by atoms with Crippen LogP contribution in [0.2, 0.25) is 0 Å². The molecule has 100 valence electrons. The van der Waals surface area contributed by atoms with Crippen molar-refractivity contribution in [3.8, 4) is 0 Å². The summed E-state index contributed by atoms with van der Waals surface area (Å²) >= 11 is 0. The number of carbonyl (C=O) groups is 1. The van der Waals surface area contributed by atoms with E-state index in [0.29, 0.717) is 6.04 Å². The number of nitrogens with zero attached hydrogens (tertiary/aromatic N) is 1. The smallest absolute Gasteiger partial charge is 0.373 e. The van der Waals surface area contributed by atoms with E-state index in [1.807, 2.05) is 13.1 Å². The molecule has 18 heavy (non-hydrogen) atoms. The van der Waals surface area contributed by atoms with Crippen molar-refractivity contribution in [1.29, 1.82) is 0 Å². The van der Waals surface area contributed by atoms with Crippen LogP contribution in [-0.4, -0.2) is 44.2 Å². The average molecular weight is 252 g/mol. The predicted molar refractivity (Wildman–Crippen MR) is 67.4 cm³/mol. The van der Waals surface area contributed by atoms with Crippen LogP contribution in [0.4, 0.5) is 0 Å². The first-order valence-corrected chi connectivity index (χ1v) is 6.29. The number of piperidine rings is 1. The summed E-state index contributed by atoms with van der Waals surface area (Å²) in [5, 5.41) is 3.30. The summed E-state index contributed by atoms with van der Waals surface area (Å²) in [6.45, 7) is 2.87. The number of methoxy groups -OCH3 is 1. The Kier molecular flexibility index (Phi) is 4.38. The molecule has 5 heteroatoms. The summed E-state index contributed by atoms with van der Waals surface area (Å²) in [5.74, 6) is 0.672. The van der Waals surface area contributed by atoms with Crippen molar-refractivity contribution < 1.29 is 13.9 Å². The van der Waals surface area contributed by atoms with E-state index in [1.54, 1.807) is 6.07 Å². The molecule has 0 bridgehead atoms. The molecule has 1 aromatic rings. The quantitative estimate of drug-likeness (QED) is 0.817. The number of esters is 1. The third-order valence-electron chi connectivity index (χ3n) is 3.42. The van der Waals surface area contributed by atoms with Gasteiger partial charge in [0, 0.05) is 19.1 Å². The number of hydrogen-bond acceptors (Lipinski definition) is 5. The largest absolute Gasteiger partial charge is 0.463 e. The number of ether oxygens (including phenoxy) is 1. The summed E-state index contributed by atoms with van der Waals surface area (Å²) in [6.07, 6.45) is 2.31. The maximum atomic E-state index is 11.3. The second kappa shape index (κ2) is 6.02. The second-order valence-corrected chi connectivity index (χ2v) is 4.60. The fourth-order valence-corrected chi connectivity index (χ4v) is 2.27. The number of furan rings is 1. The van der Waals surface area contributed by atoms with E-state index in [9.17, 15) is 4.79 Å². The lowest BCUT2D eigenvalue weighted by molar-refractivity contribution is 0.0560. The molecular weight excluding hydrogens is 232 g/mol. The third kappa shape index (κ3) is 3.11. The number of nitrogens with one attached hydrogen (secondary N) is 1. The molecule has 1 aliphatic heterocycles. The van der Waals surface area contributed by atoms with Gasteiger partial charge < -0.3 is 14.5 Å². The summed E-state index contributed by atoms with van der Waals surface area (Å²) in [5.41, 5.74) is 0. The van der Waals surface area contributed by atoms with E-state index in [2.05, 4.69) is 15.0 Å². The van der Waals surface area contributed by atoms with Crippen molar-refractivity contribution in [2.24, 2.45) is 0 Å². The highest BCUT2D eigenvalue weighted by atomic mass is 16.5. The maximum absolute atomic E-state index is 11.3. The molecule has 2 rings (SSSR count). The van der Waals surface area contributed by atoms with E-state index in [-0.39, 0.29) is 5.76 Å². The van der Waals surface area contributed by atoms with Crippen molar-refractivity contribution in [3.05, 3.63) is 23.7 Å². The van der Waals surface area contributed by atoms with Crippen LogP contribution < -0.4 is 5.32 Å². The van der Waals surface area contributed by atoms with E-state index in [4.69, 9.17) is 4.42 Å². The number of carbonyl (C=O) groups excluding carboxylic acids is 1. The highest BCUT2D eigenvalue weighted by molar-refractivity contribution is 5.86. The van der Waals surface area contributed by atoms with Gasteiger partial charge in [-0.3, -0.25) is 4.90 Å². The van der Waals surface area contributed by atoms with Crippen LogP contribution in [0.1, 0.15) is 29.2 Å². The Morgan fingerprint density at radius 1 is 1.50 bits per heavy atom. The minimum absolute atomic E-state index is 0.276. The molecule has 1 aromatic heterocycles. The van der Waals surface area contributed by atoms with Crippen LogP contribution >= 0.6 is 0 Å². The molecular formula is C13H20N2O3. The Bertz CT molecular complexity index is 395. The summed E-state index contributed by atoms with van der Waals surface area (Å²) in [4.78, 5) is 13.6. The van der Waals surface area contributed by atoms with Crippen LogP contribution in [-0.2, 0) is 11.3 Å². The highest BCUT2D eigenvalue weighted by Crippen LogP contribution is 2.16. The lowest BCUT2D eigenvalue weighted by Gasteiger charge is -2.30. The Morgan fingerprint density at radius 3 is 2.83 bits per heavy atom. The van der Waals surface area contributed by atoms with Gasteiger partial charge in [0.1, 0.15) is 5.76 Å². The average Bonchev–Trinajstić information content (AvgIpc) is 2.87. The van der Waals surface area contributed by atoms with Crippen LogP contribution in [0.5, 0.6) is 0 Å². The molecule has 0 radical (unpaired) electrons. The van der Waals surface area contributed by atoms with Crippen molar-refractivity contribution in [1.82, 2.24) is 10.2 Å². The predicted octanol–water partition coefficient (Wildman–Crippen LogP) is 1.25. The monoisotopic (exact) mass is 252 g/mol.